The highest BCUT2D eigenvalue weighted by atomic mass is 16.6. The molecular formula is C21H28N4O2. The van der Waals surface area contributed by atoms with Gasteiger partial charge in [0, 0.05) is 0 Å². The second-order valence-electron chi connectivity index (χ2n) is 9.22. The Morgan fingerprint density at radius 3 is 2.44 bits per heavy atom. The van der Waals surface area contributed by atoms with E-state index >= 15 is 0 Å². The Kier molecular flexibility index (Phi) is 3.76. The molecule has 4 fully saturated rings. The molecule has 0 saturated heterocycles. The zero-order valence-electron chi connectivity index (χ0n) is 15.8. The zero-order valence-corrected chi connectivity index (χ0v) is 15.8. The molecule has 0 aliphatic heterocycles. The smallest absolute Gasteiger partial charge is 0.404 e. The summed E-state index contributed by atoms with van der Waals surface area (Å²) < 4.78 is 5.00. The molecule has 0 unspecified atom stereocenters. The fourth-order valence-electron chi connectivity index (χ4n) is 6.46. The van der Waals surface area contributed by atoms with Gasteiger partial charge in [-0.15, -0.1) is 0 Å². The maximum Gasteiger partial charge on any atom is 0.404 e. The number of aromatic amines is 1. The highest BCUT2D eigenvalue weighted by molar-refractivity contribution is 5.76. The van der Waals surface area contributed by atoms with Crippen molar-refractivity contribution in [3.63, 3.8) is 0 Å². The highest BCUT2D eigenvalue weighted by Crippen LogP contribution is 2.60. The van der Waals surface area contributed by atoms with Crippen LogP contribution < -0.4 is 11.5 Å². The second-order valence-corrected chi connectivity index (χ2v) is 9.22. The summed E-state index contributed by atoms with van der Waals surface area (Å²) >= 11 is 0. The molecule has 6 nitrogen and oxygen atoms in total. The average molecular weight is 368 g/mol. The normalized spacial score (nSPS) is 33.9. The first-order chi connectivity index (χ1) is 12.9. The molecule has 6 heteroatoms. The van der Waals surface area contributed by atoms with Crippen LogP contribution in [-0.2, 0) is 10.2 Å². The third-order valence-corrected chi connectivity index (χ3v) is 7.28. The number of aromatic nitrogens is 2. The molecule has 1 aromatic heterocycles. The molecule has 0 spiro atoms. The van der Waals surface area contributed by atoms with Gasteiger partial charge in [-0.05, 0) is 86.3 Å². The van der Waals surface area contributed by atoms with Crippen molar-refractivity contribution in [2.45, 2.75) is 63.0 Å². The topological polar surface area (TPSA) is 107 Å². The van der Waals surface area contributed by atoms with Crippen LogP contribution in [0.15, 0.2) is 18.2 Å². The van der Waals surface area contributed by atoms with Gasteiger partial charge in [0.2, 0.25) is 0 Å². The van der Waals surface area contributed by atoms with Crippen LogP contribution in [0.2, 0.25) is 0 Å². The van der Waals surface area contributed by atoms with Crippen molar-refractivity contribution in [2.24, 2.45) is 29.2 Å². The Morgan fingerprint density at radius 2 is 1.85 bits per heavy atom. The zero-order chi connectivity index (χ0) is 18.8. The summed E-state index contributed by atoms with van der Waals surface area (Å²) in [4.78, 5) is 19.0. The van der Waals surface area contributed by atoms with E-state index in [1.807, 2.05) is 0 Å². The molecule has 0 radical (unpaired) electrons. The van der Waals surface area contributed by atoms with Crippen molar-refractivity contribution >= 4 is 17.1 Å². The van der Waals surface area contributed by atoms with Crippen molar-refractivity contribution in [1.82, 2.24) is 9.97 Å². The molecule has 4 aliphatic carbocycles. The highest BCUT2D eigenvalue weighted by Gasteiger charge is 2.51. The number of hydrogen-bond acceptors (Lipinski definition) is 4. The monoisotopic (exact) mass is 368 g/mol. The lowest BCUT2D eigenvalue weighted by molar-refractivity contribution is -0.00513. The lowest BCUT2D eigenvalue weighted by Crippen LogP contribution is -2.48. The van der Waals surface area contributed by atoms with E-state index in [0.717, 1.165) is 28.8 Å². The molecule has 144 valence electrons. The molecule has 27 heavy (non-hydrogen) atoms. The van der Waals surface area contributed by atoms with Crippen molar-refractivity contribution in [3.05, 3.63) is 29.6 Å². The Balaban J connectivity index is 1.45. The molecule has 4 bridgehead atoms. The van der Waals surface area contributed by atoms with Gasteiger partial charge in [-0.1, -0.05) is 6.07 Å². The third-order valence-electron chi connectivity index (χ3n) is 7.28. The minimum Gasteiger partial charge on any atom is -0.445 e. The maximum atomic E-state index is 11.0. The number of carbonyl (C=O) groups excluding carboxylic acids is 1. The number of rotatable bonds is 4. The van der Waals surface area contributed by atoms with Crippen molar-refractivity contribution < 1.29 is 9.53 Å². The Morgan fingerprint density at radius 1 is 1.22 bits per heavy atom. The molecule has 1 amide bonds. The Hall–Kier alpha value is -2.08. The number of fused-ring (bicyclic) bond motifs is 1. The van der Waals surface area contributed by atoms with Gasteiger partial charge in [0.1, 0.15) is 18.0 Å². The number of nitrogens with two attached hydrogens (primary N) is 2. The van der Waals surface area contributed by atoms with Crippen LogP contribution in [0.4, 0.5) is 4.79 Å². The fourth-order valence-corrected chi connectivity index (χ4v) is 6.46. The predicted molar refractivity (Wildman–Crippen MR) is 103 cm³/mol. The van der Waals surface area contributed by atoms with Gasteiger partial charge in [-0.25, -0.2) is 9.78 Å². The fraction of sp³-hybridized carbons (Fsp3) is 0.619. The van der Waals surface area contributed by atoms with Crippen LogP contribution in [-0.4, -0.2) is 22.2 Å². The van der Waals surface area contributed by atoms with Gasteiger partial charge in [0.15, 0.2) is 0 Å². The lowest BCUT2D eigenvalue weighted by atomic mass is 9.48. The van der Waals surface area contributed by atoms with Gasteiger partial charge < -0.3 is 21.2 Å². The standard InChI is InChI=1S/C21H28N4O2/c1-11(27-20(23)26)18(22)19-24-16-3-2-15(7-17(16)25-19)21-8-12-4-13(9-21)6-14(5-12)10-21/h2-3,7,11-14,18H,4-6,8-10,22H2,1H3,(H2,23,26)(H,24,25)/t11-,12?,13?,14?,18+,21?/m0/s1. The summed E-state index contributed by atoms with van der Waals surface area (Å²) in [6, 6.07) is 6.14. The van der Waals surface area contributed by atoms with E-state index < -0.39 is 18.2 Å². The number of ether oxygens (including phenoxy) is 1. The molecule has 2 atom stereocenters. The molecule has 1 heterocycles. The lowest BCUT2D eigenvalue weighted by Gasteiger charge is -2.57. The van der Waals surface area contributed by atoms with E-state index in [2.05, 4.69) is 23.2 Å². The number of nitrogens with one attached hydrogen (secondary N) is 1. The summed E-state index contributed by atoms with van der Waals surface area (Å²) in [7, 11) is 0. The van der Waals surface area contributed by atoms with E-state index in [1.54, 1.807) is 6.92 Å². The van der Waals surface area contributed by atoms with Gasteiger partial charge in [-0.2, -0.15) is 0 Å². The van der Waals surface area contributed by atoms with Gasteiger partial charge >= 0.3 is 6.09 Å². The Labute approximate surface area is 159 Å². The second kappa shape index (κ2) is 5.96. The van der Waals surface area contributed by atoms with Crippen LogP contribution in [0.5, 0.6) is 0 Å². The number of imidazole rings is 1. The molecule has 4 saturated carbocycles. The van der Waals surface area contributed by atoms with Crippen LogP contribution in [0.1, 0.15) is 62.9 Å². The number of H-pyrrole nitrogens is 1. The van der Waals surface area contributed by atoms with E-state index in [0.29, 0.717) is 11.2 Å². The Bertz CT molecular complexity index is 854. The van der Waals surface area contributed by atoms with Gasteiger partial charge in [0.05, 0.1) is 11.0 Å². The predicted octanol–water partition coefficient (Wildman–Crippen LogP) is 3.51. The number of primary amides is 1. The summed E-state index contributed by atoms with van der Waals surface area (Å²) in [5, 5.41) is 0. The summed E-state index contributed by atoms with van der Waals surface area (Å²) in [5.41, 5.74) is 15.0. The number of carbonyl (C=O) groups is 1. The molecule has 6 rings (SSSR count). The summed E-state index contributed by atoms with van der Waals surface area (Å²) in [6.45, 7) is 1.73. The van der Waals surface area contributed by atoms with Gasteiger partial charge in [0.25, 0.3) is 0 Å². The first kappa shape index (κ1) is 17.0. The average Bonchev–Trinajstić information content (AvgIpc) is 3.02. The van der Waals surface area contributed by atoms with Crippen LogP contribution >= 0.6 is 0 Å². The van der Waals surface area contributed by atoms with Crippen molar-refractivity contribution in [3.8, 4) is 0 Å². The van der Waals surface area contributed by atoms with Crippen LogP contribution in [0.3, 0.4) is 0 Å². The third kappa shape index (κ3) is 2.81. The van der Waals surface area contributed by atoms with Crippen LogP contribution in [0.25, 0.3) is 11.0 Å². The van der Waals surface area contributed by atoms with E-state index in [9.17, 15) is 4.79 Å². The van der Waals surface area contributed by atoms with Crippen molar-refractivity contribution in [1.29, 1.82) is 0 Å². The van der Waals surface area contributed by atoms with Gasteiger partial charge in [-0.3, -0.25) is 0 Å². The number of benzene rings is 1. The largest absolute Gasteiger partial charge is 0.445 e. The minimum absolute atomic E-state index is 0.354. The number of amides is 1. The van der Waals surface area contributed by atoms with E-state index in [4.69, 9.17) is 21.2 Å². The first-order valence-electron chi connectivity index (χ1n) is 10.1. The number of nitrogens with zero attached hydrogens (tertiary/aromatic N) is 1. The van der Waals surface area contributed by atoms with Crippen molar-refractivity contribution in [2.75, 3.05) is 0 Å². The molecule has 5 N–H and O–H groups in total. The maximum absolute atomic E-state index is 11.0. The van der Waals surface area contributed by atoms with E-state index in [1.165, 1.54) is 44.1 Å². The quantitative estimate of drug-likeness (QED) is 0.767. The summed E-state index contributed by atoms with van der Waals surface area (Å²) in [5.74, 6) is 3.38. The number of hydrogen-bond donors (Lipinski definition) is 3. The minimum atomic E-state index is -0.821. The molecule has 4 aliphatic rings. The molecule has 1 aromatic carbocycles. The first-order valence-corrected chi connectivity index (χ1v) is 10.1. The summed E-state index contributed by atoms with van der Waals surface area (Å²) in [6.07, 6.45) is 6.99. The van der Waals surface area contributed by atoms with E-state index in [-0.39, 0.29) is 0 Å². The molecule has 2 aromatic rings. The SMILES string of the molecule is C[C@H](OC(N)=O)[C@@H](N)c1nc2cc(C34CC5CC(CC(C5)C3)C4)ccc2[nH]1. The molecular weight excluding hydrogens is 340 g/mol. The van der Waals surface area contributed by atoms with Crippen LogP contribution in [0, 0.1) is 17.8 Å².